The highest BCUT2D eigenvalue weighted by Gasteiger charge is 2.51. The summed E-state index contributed by atoms with van der Waals surface area (Å²) in [5.74, 6) is -0.323. The molecule has 2 N–H and O–H groups in total. The largest absolute Gasteiger partial charge is 0.387 e. The fourth-order valence-corrected chi connectivity index (χ4v) is 3.11. The predicted molar refractivity (Wildman–Crippen MR) is 90.1 cm³/mol. The monoisotopic (exact) mass is 324 g/mol. The number of nitrogens with one attached hydrogen (secondary N) is 1. The lowest BCUT2D eigenvalue weighted by atomic mass is 9.87. The SMILES string of the molecule is CCC1(c2ccccc2)NC(=O)N(CC(O)c2ccccc2)C1=O. The molecule has 5 heteroatoms. The zero-order chi connectivity index (χ0) is 17.2. The van der Waals surface area contributed by atoms with Gasteiger partial charge in [0.15, 0.2) is 0 Å². The van der Waals surface area contributed by atoms with Crippen LogP contribution in [0, 0.1) is 0 Å². The van der Waals surface area contributed by atoms with E-state index in [1.54, 1.807) is 12.1 Å². The van der Waals surface area contributed by atoms with Crippen LogP contribution in [0.15, 0.2) is 60.7 Å². The Morgan fingerprint density at radius 3 is 2.21 bits per heavy atom. The third-order valence-electron chi connectivity index (χ3n) is 4.51. The number of β-amino-alcohol motifs (C(OH)–C–C–N with tert-alkyl or cyclic N) is 1. The number of carbonyl (C=O) groups is 2. The molecule has 2 atom stereocenters. The van der Waals surface area contributed by atoms with E-state index in [1.807, 2.05) is 55.5 Å². The van der Waals surface area contributed by atoms with Gasteiger partial charge in [-0.3, -0.25) is 9.69 Å². The van der Waals surface area contributed by atoms with Gasteiger partial charge in [-0.1, -0.05) is 67.6 Å². The number of amides is 3. The maximum Gasteiger partial charge on any atom is 0.325 e. The summed E-state index contributed by atoms with van der Waals surface area (Å²) in [6, 6.07) is 17.8. The standard InChI is InChI=1S/C19H20N2O3/c1-2-19(15-11-7-4-8-12-15)17(23)21(18(24)20-19)13-16(22)14-9-5-3-6-10-14/h3-12,16,22H,2,13H2,1H3,(H,20,24). The number of aliphatic hydroxyl groups excluding tert-OH is 1. The molecule has 3 rings (SSSR count). The molecule has 3 amide bonds. The van der Waals surface area contributed by atoms with Crippen molar-refractivity contribution < 1.29 is 14.7 Å². The third-order valence-corrected chi connectivity index (χ3v) is 4.51. The van der Waals surface area contributed by atoms with Crippen molar-refractivity contribution in [3.63, 3.8) is 0 Å². The fourth-order valence-electron chi connectivity index (χ4n) is 3.11. The molecule has 1 saturated heterocycles. The smallest absolute Gasteiger partial charge is 0.325 e. The zero-order valence-corrected chi connectivity index (χ0v) is 13.5. The molecule has 0 aromatic heterocycles. The fraction of sp³-hybridized carbons (Fsp3) is 0.263. The summed E-state index contributed by atoms with van der Waals surface area (Å²) in [4.78, 5) is 26.5. The second-order valence-electron chi connectivity index (χ2n) is 5.90. The van der Waals surface area contributed by atoms with E-state index in [9.17, 15) is 14.7 Å². The van der Waals surface area contributed by atoms with Crippen LogP contribution in [-0.2, 0) is 10.3 Å². The Morgan fingerprint density at radius 1 is 1.04 bits per heavy atom. The Balaban J connectivity index is 1.86. The first-order valence-corrected chi connectivity index (χ1v) is 8.01. The zero-order valence-electron chi connectivity index (χ0n) is 13.5. The number of hydrogen-bond acceptors (Lipinski definition) is 3. The lowest BCUT2D eigenvalue weighted by Gasteiger charge is -2.26. The van der Waals surface area contributed by atoms with Crippen LogP contribution in [-0.4, -0.2) is 28.5 Å². The average Bonchev–Trinajstić information content (AvgIpc) is 2.88. The molecule has 0 aliphatic carbocycles. The summed E-state index contributed by atoms with van der Waals surface area (Å²) in [5.41, 5.74) is 0.365. The molecular formula is C19H20N2O3. The van der Waals surface area contributed by atoms with Crippen LogP contribution in [0.2, 0.25) is 0 Å². The molecule has 1 heterocycles. The predicted octanol–water partition coefficient (Wildman–Crippen LogP) is 2.58. The number of urea groups is 1. The average molecular weight is 324 g/mol. The summed E-state index contributed by atoms with van der Waals surface area (Å²) >= 11 is 0. The van der Waals surface area contributed by atoms with Gasteiger partial charge in [0.2, 0.25) is 0 Å². The van der Waals surface area contributed by atoms with Gasteiger partial charge in [0.05, 0.1) is 12.6 Å². The number of nitrogens with zero attached hydrogens (tertiary/aromatic N) is 1. The minimum atomic E-state index is -1.06. The van der Waals surface area contributed by atoms with E-state index in [1.165, 1.54) is 0 Å². The summed E-state index contributed by atoms with van der Waals surface area (Å²) in [7, 11) is 0. The minimum absolute atomic E-state index is 0.0662. The van der Waals surface area contributed by atoms with Gasteiger partial charge in [0, 0.05) is 0 Å². The second kappa shape index (κ2) is 6.45. The van der Waals surface area contributed by atoms with Crippen molar-refractivity contribution in [1.29, 1.82) is 0 Å². The summed E-state index contributed by atoms with van der Waals surface area (Å²) < 4.78 is 0. The third kappa shape index (κ3) is 2.67. The Morgan fingerprint density at radius 2 is 1.62 bits per heavy atom. The molecule has 0 saturated carbocycles. The van der Waals surface area contributed by atoms with E-state index < -0.39 is 17.7 Å². The molecule has 0 radical (unpaired) electrons. The highest BCUT2D eigenvalue weighted by molar-refractivity contribution is 6.07. The number of aliphatic hydroxyl groups is 1. The van der Waals surface area contributed by atoms with E-state index >= 15 is 0 Å². The molecule has 24 heavy (non-hydrogen) atoms. The minimum Gasteiger partial charge on any atom is -0.387 e. The topological polar surface area (TPSA) is 69.6 Å². The van der Waals surface area contributed by atoms with Crippen LogP contribution in [0.25, 0.3) is 0 Å². The molecule has 1 aliphatic heterocycles. The summed E-state index contributed by atoms with van der Waals surface area (Å²) in [5, 5.41) is 13.2. The maximum absolute atomic E-state index is 13.0. The van der Waals surface area contributed by atoms with Crippen molar-refractivity contribution in [2.24, 2.45) is 0 Å². The molecule has 0 bridgehead atoms. The molecule has 0 spiro atoms. The highest BCUT2D eigenvalue weighted by atomic mass is 16.3. The van der Waals surface area contributed by atoms with Gasteiger partial charge in [0.25, 0.3) is 5.91 Å². The molecule has 2 aromatic rings. The molecule has 2 unspecified atom stereocenters. The Bertz CT molecular complexity index is 733. The Kier molecular flexibility index (Phi) is 4.36. The van der Waals surface area contributed by atoms with Crippen molar-refractivity contribution in [2.75, 3.05) is 6.54 Å². The van der Waals surface area contributed by atoms with Crippen molar-refractivity contribution in [1.82, 2.24) is 10.2 Å². The molecule has 1 fully saturated rings. The van der Waals surface area contributed by atoms with Gasteiger partial charge >= 0.3 is 6.03 Å². The maximum atomic E-state index is 13.0. The second-order valence-corrected chi connectivity index (χ2v) is 5.90. The molecule has 124 valence electrons. The first-order chi connectivity index (χ1) is 11.6. The summed E-state index contributed by atoms with van der Waals surface area (Å²) in [6.07, 6.45) is -0.469. The number of carbonyl (C=O) groups excluding carboxylic acids is 2. The van der Waals surface area contributed by atoms with Gasteiger partial charge in [-0.05, 0) is 17.5 Å². The van der Waals surface area contributed by atoms with Crippen molar-refractivity contribution >= 4 is 11.9 Å². The van der Waals surface area contributed by atoms with Crippen LogP contribution >= 0.6 is 0 Å². The number of benzene rings is 2. The first-order valence-electron chi connectivity index (χ1n) is 8.01. The molecule has 5 nitrogen and oxygen atoms in total. The van der Waals surface area contributed by atoms with E-state index in [4.69, 9.17) is 0 Å². The number of rotatable bonds is 5. The Hall–Kier alpha value is -2.66. The van der Waals surface area contributed by atoms with Gasteiger partial charge in [0.1, 0.15) is 5.54 Å². The normalized spacial score (nSPS) is 21.7. The van der Waals surface area contributed by atoms with Gasteiger partial charge in [-0.15, -0.1) is 0 Å². The lowest BCUT2D eigenvalue weighted by molar-refractivity contribution is -0.132. The molecular weight excluding hydrogens is 304 g/mol. The van der Waals surface area contributed by atoms with E-state index in [0.717, 1.165) is 10.5 Å². The van der Waals surface area contributed by atoms with Gasteiger partial charge in [-0.2, -0.15) is 0 Å². The van der Waals surface area contributed by atoms with E-state index in [2.05, 4.69) is 5.32 Å². The van der Waals surface area contributed by atoms with Crippen LogP contribution in [0.5, 0.6) is 0 Å². The molecule has 1 aliphatic rings. The lowest BCUT2D eigenvalue weighted by Crippen LogP contribution is -2.43. The van der Waals surface area contributed by atoms with E-state index in [0.29, 0.717) is 12.0 Å². The number of hydrogen-bond donors (Lipinski definition) is 2. The van der Waals surface area contributed by atoms with Crippen molar-refractivity contribution in [3.8, 4) is 0 Å². The van der Waals surface area contributed by atoms with Gasteiger partial charge in [-0.25, -0.2) is 4.79 Å². The first kappa shape index (κ1) is 16.2. The van der Waals surface area contributed by atoms with Crippen LogP contribution in [0.3, 0.4) is 0 Å². The van der Waals surface area contributed by atoms with Gasteiger partial charge < -0.3 is 10.4 Å². The summed E-state index contributed by atoms with van der Waals surface area (Å²) in [6.45, 7) is 1.80. The quantitative estimate of drug-likeness (QED) is 0.831. The molecule has 2 aromatic carbocycles. The highest BCUT2D eigenvalue weighted by Crippen LogP contribution is 2.33. The number of imide groups is 1. The van der Waals surface area contributed by atoms with Crippen LogP contribution in [0.4, 0.5) is 4.79 Å². The van der Waals surface area contributed by atoms with Crippen LogP contribution < -0.4 is 5.32 Å². The van der Waals surface area contributed by atoms with Crippen molar-refractivity contribution in [3.05, 3.63) is 71.8 Å². The van der Waals surface area contributed by atoms with E-state index in [-0.39, 0.29) is 12.5 Å². The van der Waals surface area contributed by atoms with Crippen LogP contribution in [0.1, 0.15) is 30.6 Å². The Labute approximate surface area is 140 Å². The van der Waals surface area contributed by atoms with Crippen molar-refractivity contribution in [2.45, 2.75) is 25.0 Å².